The average Bonchev–Trinajstić information content (AvgIpc) is 2.84. The normalized spacial score (nSPS) is 53.2. The molecule has 4 aliphatic rings. The van der Waals surface area contributed by atoms with Crippen LogP contribution in [-0.2, 0) is 9.53 Å². The maximum absolute atomic E-state index is 12.3. The zero-order valence-corrected chi connectivity index (χ0v) is 15.6. The van der Waals surface area contributed by atoms with E-state index in [2.05, 4.69) is 13.8 Å². The Labute approximate surface area is 146 Å². The minimum absolute atomic E-state index is 0.0358. The number of hydrogen-bond donors (Lipinski definition) is 1. The van der Waals surface area contributed by atoms with Gasteiger partial charge < -0.3 is 9.84 Å². The van der Waals surface area contributed by atoms with Crippen LogP contribution in [0.4, 0.5) is 0 Å². The summed E-state index contributed by atoms with van der Waals surface area (Å²) in [6, 6.07) is 0. The molecular weight excluding hydrogens is 300 g/mol. The second kappa shape index (κ2) is 5.46. The Morgan fingerprint density at radius 3 is 2.58 bits per heavy atom. The molecule has 0 aromatic rings. The summed E-state index contributed by atoms with van der Waals surface area (Å²) in [5, 5.41) is 10.1. The van der Waals surface area contributed by atoms with E-state index in [-0.39, 0.29) is 17.3 Å². The lowest BCUT2D eigenvalue weighted by Crippen LogP contribution is -2.57. The molecule has 1 spiro atoms. The lowest BCUT2D eigenvalue weighted by molar-refractivity contribution is -0.159. The number of rotatable bonds is 2. The van der Waals surface area contributed by atoms with Crippen molar-refractivity contribution in [2.75, 3.05) is 13.7 Å². The number of methoxy groups -OCH3 is 1. The van der Waals surface area contributed by atoms with Gasteiger partial charge >= 0.3 is 5.97 Å². The van der Waals surface area contributed by atoms with Crippen molar-refractivity contribution in [1.29, 1.82) is 0 Å². The molecule has 0 heterocycles. The number of carbonyl (C=O) groups excluding carboxylic acids is 1. The Morgan fingerprint density at radius 1 is 1.08 bits per heavy atom. The van der Waals surface area contributed by atoms with Gasteiger partial charge in [0.15, 0.2) is 0 Å². The minimum Gasteiger partial charge on any atom is -0.469 e. The summed E-state index contributed by atoms with van der Waals surface area (Å²) >= 11 is 0. The van der Waals surface area contributed by atoms with Gasteiger partial charge in [0.05, 0.1) is 13.0 Å². The highest BCUT2D eigenvalue weighted by Gasteiger charge is 2.65. The second-order valence-corrected chi connectivity index (χ2v) is 10.1. The number of carbonyl (C=O) groups is 1. The Morgan fingerprint density at radius 2 is 1.88 bits per heavy atom. The zero-order chi connectivity index (χ0) is 17.2. The van der Waals surface area contributed by atoms with E-state index < -0.39 is 0 Å². The fraction of sp³-hybridized carbons (Fsp3) is 0.952. The molecule has 0 unspecified atom stereocenters. The standard InChI is InChI=1S/C21H34O3/c1-19(13-22)8-4-9-20(2)16(19)7-10-21-11-14(5-6-17(20)21)15(12-21)18(23)24-3/h14-17,22H,4-13H2,1-3H3/t14-,15-,16+,17-,19+,20-,21+/m1/s1. The van der Waals surface area contributed by atoms with Crippen LogP contribution < -0.4 is 0 Å². The molecule has 24 heavy (non-hydrogen) atoms. The van der Waals surface area contributed by atoms with Crippen LogP contribution in [0.2, 0.25) is 0 Å². The first kappa shape index (κ1) is 16.9. The van der Waals surface area contributed by atoms with Gasteiger partial charge in [0.25, 0.3) is 0 Å². The summed E-state index contributed by atoms with van der Waals surface area (Å²) in [6.45, 7) is 5.19. The Kier molecular flexibility index (Phi) is 3.84. The van der Waals surface area contributed by atoms with Crippen molar-refractivity contribution in [3.05, 3.63) is 0 Å². The van der Waals surface area contributed by atoms with Crippen molar-refractivity contribution >= 4 is 5.97 Å². The van der Waals surface area contributed by atoms with Gasteiger partial charge in [-0.15, -0.1) is 0 Å². The Hall–Kier alpha value is -0.570. The van der Waals surface area contributed by atoms with E-state index in [1.165, 1.54) is 51.4 Å². The molecule has 0 aromatic carbocycles. The molecule has 3 nitrogen and oxygen atoms in total. The smallest absolute Gasteiger partial charge is 0.308 e. The third-order valence-corrected chi connectivity index (χ3v) is 9.12. The summed E-state index contributed by atoms with van der Waals surface area (Å²) < 4.78 is 5.13. The molecule has 4 aliphatic carbocycles. The van der Waals surface area contributed by atoms with Crippen LogP contribution in [0.1, 0.15) is 71.6 Å². The van der Waals surface area contributed by atoms with Crippen LogP contribution in [0.5, 0.6) is 0 Å². The largest absolute Gasteiger partial charge is 0.469 e. The van der Waals surface area contributed by atoms with E-state index in [9.17, 15) is 9.90 Å². The van der Waals surface area contributed by atoms with Crippen molar-refractivity contribution in [1.82, 2.24) is 0 Å². The fourth-order valence-electron chi connectivity index (χ4n) is 8.20. The van der Waals surface area contributed by atoms with E-state index in [1.807, 2.05) is 0 Å². The topological polar surface area (TPSA) is 46.5 Å². The van der Waals surface area contributed by atoms with E-state index in [4.69, 9.17) is 4.74 Å². The zero-order valence-electron chi connectivity index (χ0n) is 15.6. The Bertz CT molecular complexity index is 531. The monoisotopic (exact) mass is 334 g/mol. The summed E-state index contributed by atoms with van der Waals surface area (Å²) in [6.07, 6.45) is 11.0. The van der Waals surface area contributed by atoms with Crippen LogP contribution in [-0.4, -0.2) is 24.8 Å². The summed E-state index contributed by atoms with van der Waals surface area (Å²) in [7, 11) is 1.55. The number of ether oxygens (including phenoxy) is 1. The number of aliphatic hydroxyl groups is 1. The van der Waals surface area contributed by atoms with Gasteiger partial charge in [-0.2, -0.15) is 0 Å². The molecule has 0 amide bonds. The summed E-state index contributed by atoms with van der Waals surface area (Å²) in [5.41, 5.74) is 0.830. The first-order valence-electron chi connectivity index (χ1n) is 10.1. The Balaban J connectivity index is 1.67. The SMILES string of the molecule is COC(=O)[C@@H]1C[C@@]23CC[C@H]4[C@](C)(CO)CCC[C@@]4(C)[C@H]2CC[C@@H]1C3. The summed E-state index contributed by atoms with van der Waals surface area (Å²) in [4.78, 5) is 12.3. The third kappa shape index (κ3) is 2.09. The predicted molar refractivity (Wildman–Crippen MR) is 93.3 cm³/mol. The molecule has 4 fully saturated rings. The molecule has 136 valence electrons. The van der Waals surface area contributed by atoms with Crippen LogP contribution in [0.15, 0.2) is 0 Å². The quantitative estimate of drug-likeness (QED) is 0.771. The molecule has 7 atom stereocenters. The third-order valence-electron chi connectivity index (χ3n) is 9.12. The lowest BCUT2D eigenvalue weighted by atomic mass is 9.41. The van der Waals surface area contributed by atoms with Crippen molar-refractivity contribution in [2.24, 2.45) is 39.9 Å². The molecule has 2 bridgehead atoms. The van der Waals surface area contributed by atoms with Crippen molar-refractivity contribution < 1.29 is 14.6 Å². The number of esters is 1. The van der Waals surface area contributed by atoms with Crippen molar-refractivity contribution in [2.45, 2.75) is 71.6 Å². The molecule has 0 radical (unpaired) electrons. The molecule has 0 aromatic heterocycles. The molecule has 0 saturated heterocycles. The van der Waals surface area contributed by atoms with Crippen LogP contribution >= 0.6 is 0 Å². The highest BCUT2D eigenvalue weighted by molar-refractivity contribution is 5.73. The van der Waals surface area contributed by atoms with Crippen LogP contribution in [0.25, 0.3) is 0 Å². The van der Waals surface area contributed by atoms with E-state index in [0.29, 0.717) is 29.3 Å². The summed E-state index contributed by atoms with van der Waals surface area (Å²) in [5.74, 6) is 2.12. The van der Waals surface area contributed by atoms with E-state index >= 15 is 0 Å². The molecule has 1 N–H and O–H groups in total. The first-order chi connectivity index (χ1) is 11.4. The molecule has 3 heteroatoms. The van der Waals surface area contributed by atoms with Gasteiger partial charge in [-0.05, 0) is 85.4 Å². The molecular formula is C21H34O3. The van der Waals surface area contributed by atoms with Gasteiger partial charge in [-0.25, -0.2) is 0 Å². The predicted octanol–water partition coefficient (Wildman–Crippen LogP) is 4.18. The molecule has 4 rings (SSSR count). The maximum atomic E-state index is 12.3. The van der Waals surface area contributed by atoms with Gasteiger partial charge in [-0.3, -0.25) is 4.79 Å². The minimum atomic E-state index is 0.0358. The highest BCUT2D eigenvalue weighted by Crippen LogP contribution is 2.72. The highest BCUT2D eigenvalue weighted by atomic mass is 16.5. The molecule has 0 aliphatic heterocycles. The van der Waals surface area contributed by atoms with Gasteiger partial charge in [-0.1, -0.05) is 20.3 Å². The average molecular weight is 335 g/mol. The van der Waals surface area contributed by atoms with Gasteiger partial charge in [0.1, 0.15) is 0 Å². The van der Waals surface area contributed by atoms with Crippen molar-refractivity contribution in [3.63, 3.8) is 0 Å². The fourth-order valence-corrected chi connectivity index (χ4v) is 8.20. The number of hydrogen-bond acceptors (Lipinski definition) is 3. The van der Waals surface area contributed by atoms with E-state index in [0.717, 1.165) is 12.3 Å². The second-order valence-electron chi connectivity index (χ2n) is 10.1. The first-order valence-corrected chi connectivity index (χ1v) is 10.1. The number of fused-ring (bicyclic) bond motifs is 3. The molecule has 4 saturated carbocycles. The number of aliphatic hydroxyl groups excluding tert-OH is 1. The van der Waals surface area contributed by atoms with Crippen molar-refractivity contribution in [3.8, 4) is 0 Å². The van der Waals surface area contributed by atoms with Gasteiger partial charge in [0.2, 0.25) is 0 Å². The maximum Gasteiger partial charge on any atom is 0.308 e. The lowest BCUT2D eigenvalue weighted by Gasteiger charge is -2.64. The van der Waals surface area contributed by atoms with Crippen LogP contribution in [0.3, 0.4) is 0 Å². The van der Waals surface area contributed by atoms with Crippen LogP contribution in [0, 0.1) is 39.9 Å². The van der Waals surface area contributed by atoms with Gasteiger partial charge in [0, 0.05) is 6.61 Å². The van der Waals surface area contributed by atoms with E-state index in [1.54, 1.807) is 7.11 Å².